The maximum atomic E-state index is 13.7. The topological polar surface area (TPSA) is 42.7 Å². The fourth-order valence-electron chi connectivity index (χ4n) is 1.76. The summed E-state index contributed by atoms with van der Waals surface area (Å²) in [5.41, 5.74) is 1.65. The zero-order chi connectivity index (χ0) is 13.3. The van der Waals surface area contributed by atoms with Crippen LogP contribution in [0.15, 0.2) is 18.2 Å². The van der Waals surface area contributed by atoms with Crippen LogP contribution in [0.4, 0.5) is 8.78 Å². The Morgan fingerprint density at radius 2 is 2.06 bits per heavy atom. The molecule has 4 nitrogen and oxygen atoms in total. The van der Waals surface area contributed by atoms with Crippen LogP contribution >= 0.6 is 0 Å². The number of nitrogens with zero attached hydrogens (tertiary/aromatic N) is 3. The maximum Gasteiger partial charge on any atom is 0.151 e. The number of aromatic nitrogens is 3. The van der Waals surface area contributed by atoms with Crippen molar-refractivity contribution >= 4 is 0 Å². The zero-order valence-electron chi connectivity index (χ0n) is 10.4. The van der Waals surface area contributed by atoms with Crippen LogP contribution in [-0.4, -0.2) is 22.0 Å². The number of nitrogens with one attached hydrogen (secondary N) is 1. The molecule has 1 aromatic carbocycles. The van der Waals surface area contributed by atoms with Gasteiger partial charge in [0.15, 0.2) is 5.82 Å². The van der Waals surface area contributed by atoms with E-state index < -0.39 is 11.6 Å². The van der Waals surface area contributed by atoms with Crippen molar-refractivity contribution in [2.24, 2.45) is 0 Å². The minimum Gasteiger partial charge on any atom is -0.312 e. The smallest absolute Gasteiger partial charge is 0.151 e. The van der Waals surface area contributed by atoms with Gasteiger partial charge < -0.3 is 5.32 Å². The van der Waals surface area contributed by atoms with Crippen molar-refractivity contribution in [3.63, 3.8) is 0 Å². The fraction of sp³-hybridized carbons (Fsp3) is 0.333. The van der Waals surface area contributed by atoms with Gasteiger partial charge in [-0.15, -0.1) is 5.10 Å². The summed E-state index contributed by atoms with van der Waals surface area (Å²) >= 11 is 0. The Balaban J connectivity index is 2.49. The summed E-state index contributed by atoms with van der Waals surface area (Å²) < 4.78 is 27.9. The minimum absolute atomic E-state index is 0.0160. The second-order valence-electron chi connectivity index (χ2n) is 4.08. The van der Waals surface area contributed by atoms with Gasteiger partial charge in [-0.1, -0.05) is 5.21 Å². The fourth-order valence-corrected chi connectivity index (χ4v) is 1.76. The molecule has 0 aliphatic carbocycles. The van der Waals surface area contributed by atoms with Crippen molar-refractivity contribution in [2.45, 2.75) is 19.9 Å². The molecule has 1 aromatic heterocycles. The van der Waals surface area contributed by atoms with Gasteiger partial charge in [-0.25, -0.2) is 13.5 Å². The normalized spacial score (nSPS) is 12.7. The molecule has 1 atom stereocenters. The van der Waals surface area contributed by atoms with E-state index in [2.05, 4.69) is 15.6 Å². The van der Waals surface area contributed by atoms with Crippen molar-refractivity contribution in [3.8, 4) is 5.69 Å². The van der Waals surface area contributed by atoms with Crippen molar-refractivity contribution < 1.29 is 8.78 Å². The lowest BCUT2D eigenvalue weighted by molar-refractivity contribution is 0.570. The van der Waals surface area contributed by atoms with Crippen LogP contribution in [0.2, 0.25) is 0 Å². The summed E-state index contributed by atoms with van der Waals surface area (Å²) in [5.74, 6) is -1.27. The number of benzene rings is 1. The van der Waals surface area contributed by atoms with E-state index in [-0.39, 0.29) is 11.7 Å². The molecule has 0 bridgehead atoms. The van der Waals surface area contributed by atoms with Crippen molar-refractivity contribution in [3.05, 3.63) is 41.2 Å². The molecule has 2 aromatic rings. The Bertz CT molecular complexity index is 565. The Morgan fingerprint density at radius 3 is 2.67 bits per heavy atom. The van der Waals surface area contributed by atoms with Gasteiger partial charge in [0.2, 0.25) is 0 Å². The second-order valence-corrected chi connectivity index (χ2v) is 4.08. The molecule has 18 heavy (non-hydrogen) atoms. The van der Waals surface area contributed by atoms with Crippen LogP contribution in [0.1, 0.15) is 24.4 Å². The van der Waals surface area contributed by atoms with E-state index >= 15 is 0 Å². The number of rotatable bonds is 3. The highest BCUT2D eigenvalue weighted by atomic mass is 19.1. The van der Waals surface area contributed by atoms with Gasteiger partial charge in [0, 0.05) is 6.07 Å². The Hall–Kier alpha value is -1.82. The van der Waals surface area contributed by atoms with Crippen LogP contribution < -0.4 is 5.32 Å². The molecule has 0 aliphatic rings. The van der Waals surface area contributed by atoms with Gasteiger partial charge >= 0.3 is 0 Å². The molecule has 0 saturated heterocycles. The molecular formula is C12H14F2N4. The summed E-state index contributed by atoms with van der Waals surface area (Å²) in [7, 11) is 1.81. The second kappa shape index (κ2) is 4.81. The molecule has 96 valence electrons. The van der Waals surface area contributed by atoms with E-state index in [1.165, 1.54) is 16.8 Å². The van der Waals surface area contributed by atoms with Gasteiger partial charge in [-0.05, 0) is 33.0 Å². The predicted octanol–water partition coefficient (Wildman–Crippen LogP) is 2.13. The van der Waals surface area contributed by atoms with Gasteiger partial charge in [-0.2, -0.15) is 0 Å². The van der Waals surface area contributed by atoms with E-state index in [0.29, 0.717) is 0 Å². The monoisotopic (exact) mass is 252 g/mol. The molecule has 1 unspecified atom stereocenters. The van der Waals surface area contributed by atoms with Gasteiger partial charge in [0.25, 0.3) is 0 Å². The quantitative estimate of drug-likeness (QED) is 0.910. The highest BCUT2D eigenvalue weighted by Crippen LogP contribution is 2.19. The number of hydrogen-bond acceptors (Lipinski definition) is 3. The molecule has 1 N–H and O–H groups in total. The average molecular weight is 252 g/mol. The van der Waals surface area contributed by atoms with Gasteiger partial charge in [0.1, 0.15) is 17.2 Å². The van der Waals surface area contributed by atoms with Gasteiger partial charge in [0.05, 0.1) is 11.7 Å². The van der Waals surface area contributed by atoms with E-state index in [9.17, 15) is 8.78 Å². The van der Waals surface area contributed by atoms with Crippen LogP contribution in [0.3, 0.4) is 0 Å². The maximum absolute atomic E-state index is 13.7. The van der Waals surface area contributed by atoms with E-state index in [1.54, 1.807) is 6.92 Å². The summed E-state index contributed by atoms with van der Waals surface area (Å²) in [5, 5.41) is 11.0. The van der Waals surface area contributed by atoms with Gasteiger partial charge in [-0.3, -0.25) is 0 Å². The molecule has 0 fully saturated rings. The van der Waals surface area contributed by atoms with Crippen molar-refractivity contribution in [2.75, 3.05) is 7.05 Å². The lowest BCUT2D eigenvalue weighted by Crippen LogP contribution is -2.14. The lowest BCUT2D eigenvalue weighted by atomic mass is 10.2. The van der Waals surface area contributed by atoms with Crippen molar-refractivity contribution in [1.29, 1.82) is 0 Å². The largest absolute Gasteiger partial charge is 0.312 e. The van der Waals surface area contributed by atoms with E-state index in [0.717, 1.165) is 17.5 Å². The standard InChI is InChI=1S/C12H14F2N4/c1-7(15-3)12-8(2)18(17-16-12)11-5-4-9(13)6-10(11)14/h4-7,15H,1-3H3. The molecule has 2 rings (SSSR count). The molecule has 0 aliphatic heterocycles. The third-order valence-electron chi connectivity index (χ3n) is 2.91. The Kier molecular flexibility index (Phi) is 3.38. The Labute approximate surface area is 104 Å². The molecule has 0 radical (unpaired) electrons. The molecule has 0 spiro atoms. The summed E-state index contributed by atoms with van der Waals surface area (Å²) in [4.78, 5) is 0. The molecular weight excluding hydrogens is 238 g/mol. The number of hydrogen-bond donors (Lipinski definition) is 1. The molecule has 0 amide bonds. The van der Waals surface area contributed by atoms with Crippen LogP contribution in [0.5, 0.6) is 0 Å². The van der Waals surface area contributed by atoms with Crippen molar-refractivity contribution in [1.82, 2.24) is 20.3 Å². The summed E-state index contributed by atoms with van der Waals surface area (Å²) in [6, 6.07) is 3.39. The highest BCUT2D eigenvalue weighted by Gasteiger charge is 2.16. The molecule has 6 heteroatoms. The summed E-state index contributed by atoms with van der Waals surface area (Å²) in [6.07, 6.45) is 0. The first-order chi connectivity index (χ1) is 8.54. The first-order valence-corrected chi connectivity index (χ1v) is 5.59. The minimum atomic E-state index is -0.660. The summed E-state index contributed by atoms with van der Waals surface area (Å²) in [6.45, 7) is 3.73. The first-order valence-electron chi connectivity index (χ1n) is 5.59. The third kappa shape index (κ3) is 2.11. The average Bonchev–Trinajstić information content (AvgIpc) is 2.70. The molecule has 0 saturated carbocycles. The molecule has 1 heterocycles. The zero-order valence-corrected chi connectivity index (χ0v) is 10.4. The number of halogens is 2. The van der Waals surface area contributed by atoms with Crippen LogP contribution in [-0.2, 0) is 0 Å². The highest BCUT2D eigenvalue weighted by molar-refractivity contribution is 5.35. The van der Waals surface area contributed by atoms with E-state index in [4.69, 9.17) is 0 Å². The SMILES string of the molecule is CNC(C)c1nnn(-c2ccc(F)cc2F)c1C. The van der Waals surface area contributed by atoms with Crippen LogP contribution in [0.25, 0.3) is 5.69 Å². The predicted molar refractivity (Wildman–Crippen MR) is 63.5 cm³/mol. The lowest BCUT2D eigenvalue weighted by Gasteiger charge is -2.08. The Morgan fingerprint density at radius 1 is 1.33 bits per heavy atom. The van der Waals surface area contributed by atoms with E-state index in [1.807, 2.05) is 14.0 Å². The first kappa shape index (κ1) is 12.6. The van der Waals surface area contributed by atoms with Crippen LogP contribution in [0, 0.1) is 18.6 Å². The third-order valence-corrected chi connectivity index (χ3v) is 2.91.